The van der Waals surface area contributed by atoms with Gasteiger partial charge in [0.15, 0.2) is 0 Å². The molecule has 0 heterocycles. The Hall–Kier alpha value is -1.10. The molecular weight excluding hydrogens is 244 g/mol. The molecule has 0 aliphatic heterocycles. The van der Waals surface area contributed by atoms with Gasteiger partial charge in [-0.25, -0.2) is 0 Å². The third kappa shape index (κ3) is 4.49. The van der Waals surface area contributed by atoms with E-state index >= 15 is 0 Å². The van der Waals surface area contributed by atoms with Crippen LogP contribution >= 0.6 is 0 Å². The Morgan fingerprint density at radius 1 is 1.32 bits per heavy atom. The molecule has 1 fully saturated rings. The van der Waals surface area contributed by atoms with Crippen LogP contribution in [0.25, 0.3) is 0 Å². The van der Waals surface area contributed by atoms with Crippen molar-refractivity contribution in [3.8, 4) is 0 Å². The molecule has 3 N–H and O–H groups in total. The van der Waals surface area contributed by atoms with Crippen molar-refractivity contribution in [1.29, 1.82) is 0 Å². The average Bonchev–Trinajstić information content (AvgIpc) is 3.13. The van der Waals surface area contributed by atoms with Crippen molar-refractivity contribution in [3.05, 3.63) is 0 Å². The van der Waals surface area contributed by atoms with Gasteiger partial charge in [0.1, 0.15) is 0 Å². The first-order valence-electron chi connectivity index (χ1n) is 7.17. The predicted octanol–water partition coefficient (Wildman–Crippen LogP) is 0.816. The second-order valence-electron chi connectivity index (χ2n) is 5.55. The third-order valence-corrected chi connectivity index (χ3v) is 4.16. The molecule has 0 aromatic rings. The van der Waals surface area contributed by atoms with Crippen molar-refractivity contribution in [2.24, 2.45) is 11.8 Å². The zero-order chi connectivity index (χ0) is 14.5. The molecule has 2 amide bonds. The van der Waals surface area contributed by atoms with Crippen molar-refractivity contribution >= 4 is 11.8 Å². The lowest BCUT2D eigenvalue weighted by atomic mass is 9.94. The maximum atomic E-state index is 11.8. The van der Waals surface area contributed by atoms with Gasteiger partial charge in [-0.3, -0.25) is 9.59 Å². The number of nitrogens with one attached hydrogen (secondary N) is 2. The molecule has 0 aromatic heterocycles. The average molecular weight is 270 g/mol. The van der Waals surface area contributed by atoms with Crippen LogP contribution in [0, 0.1) is 11.8 Å². The first-order valence-corrected chi connectivity index (χ1v) is 7.17. The van der Waals surface area contributed by atoms with E-state index in [4.69, 9.17) is 0 Å². The molecule has 0 spiro atoms. The summed E-state index contributed by atoms with van der Waals surface area (Å²) in [5.41, 5.74) is -0.522. The Morgan fingerprint density at radius 3 is 2.32 bits per heavy atom. The molecule has 0 bridgehead atoms. The lowest BCUT2D eigenvalue weighted by Gasteiger charge is -2.30. The topological polar surface area (TPSA) is 78.4 Å². The van der Waals surface area contributed by atoms with Crippen LogP contribution in [0.1, 0.15) is 46.5 Å². The van der Waals surface area contributed by atoms with E-state index in [9.17, 15) is 14.7 Å². The van der Waals surface area contributed by atoms with Gasteiger partial charge in [-0.05, 0) is 25.2 Å². The molecule has 0 saturated heterocycles. The number of carbonyl (C=O) groups is 2. The van der Waals surface area contributed by atoms with Gasteiger partial charge < -0.3 is 15.7 Å². The fourth-order valence-corrected chi connectivity index (χ4v) is 2.17. The zero-order valence-electron chi connectivity index (χ0n) is 12.2. The van der Waals surface area contributed by atoms with E-state index in [2.05, 4.69) is 17.6 Å². The largest absolute Gasteiger partial charge is 0.394 e. The summed E-state index contributed by atoms with van der Waals surface area (Å²) in [6.45, 7) is 6.24. The maximum absolute atomic E-state index is 11.8. The van der Waals surface area contributed by atoms with E-state index in [1.807, 2.05) is 13.8 Å². The van der Waals surface area contributed by atoms with Crippen LogP contribution in [-0.4, -0.2) is 35.6 Å². The number of rotatable bonds is 8. The van der Waals surface area contributed by atoms with Gasteiger partial charge >= 0.3 is 0 Å². The van der Waals surface area contributed by atoms with Crippen LogP contribution in [0.15, 0.2) is 0 Å². The van der Waals surface area contributed by atoms with Crippen LogP contribution in [0.3, 0.4) is 0 Å². The summed E-state index contributed by atoms with van der Waals surface area (Å²) in [5, 5.41) is 15.0. The Balaban J connectivity index is 2.25. The normalized spacial score (nSPS) is 21.9. The number of aliphatic hydroxyl groups excluding tert-OH is 1. The van der Waals surface area contributed by atoms with Gasteiger partial charge in [-0.15, -0.1) is 0 Å². The number of hydrogen-bond acceptors (Lipinski definition) is 3. The monoisotopic (exact) mass is 270 g/mol. The Kier molecular flexibility index (Phi) is 5.79. The van der Waals surface area contributed by atoms with Crippen LogP contribution < -0.4 is 10.6 Å². The number of hydrogen-bond donors (Lipinski definition) is 3. The summed E-state index contributed by atoms with van der Waals surface area (Å²) in [6.07, 6.45) is 2.60. The van der Waals surface area contributed by atoms with Crippen molar-refractivity contribution in [3.63, 3.8) is 0 Å². The van der Waals surface area contributed by atoms with Crippen molar-refractivity contribution in [2.45, 2.75) is 52.0 Å². The number of amides is 2. The summed E-state index contributed by atoms with van der Waals surface area (Å²) in [4.78, 5) is 23.4. The molecule has 1 aliphatic carbocycles. The fraction of sp³-hybridized carbons (Fsp3) is 0.857. The van der Waals surface area contributed by atoms with Crippen molar-refractivity contribution < 1.29 is 14.7 Å². The molecular formula is C14H26N2O3. The number of aliphatic hydroxyl groups is 1. The minimum absolute atomic E-state index is 0.0553. The third-order valence-electron chi connectivity index (χ3n) is 4.16. The molecule has 2 unspecified atom stereocenters. The molecule has 1 saturated carbocycles. The summed E-state index contributed by atoms with van der Waals surface area (Å²) in [6, 6.07) is 0. The van der Waals surface area contributed by atoms with Gasteiger partial charge in [-0.2, -0.15) is 0 Å². The smallest absolute Gasteiger partial charge is 0.223 e. The van der Waals surface area contributed by atoms with Crippen LogP contribution in [0.2, 0.25) is 0 Å². The fourth-order valence-electron chi connectivity index (χ4n) is 2.17. The molecule has 1 aliphatic rings. The van der Waals surface area contributed by atoms with Crippen molar-refractivity contribution in [2.75, 3.05) is 13.2 Å². The molecule has 0 radical (unpaired) electrons. The van der Waals surface area contributed by atoms with E-state index in [1.54, 1.807) is 0 Å². The first-order chi connectivity index (χ1) is 8.98. The lowest BCUT2D eigenvalue weighted by Crippen LogP contribution is -2.51. The van der Waals surface area contributed by atoms with Gasteiger partial charge in [0.25, 0.3) is 0 Å². The second kappa shape index (κ2) is 6.89. The van der Waals surface area contributed by atoms with Gasteiger partial charge in [-0.1, -0.05) is 20.8 Å². The molecule has 0 aromatic carbocycles. The van der Waals surface area contributed by atoms with E-state index in [0.717, 1.165) is 6.42 Å². The minimum atomic E-state index is -0.522. The molecule has 110 valence electrons. The van der Waals surface area contributed by atoms with E-state index in [0.29, 0.717) is 25.3 Å². The van der Waals surface area contributed by atoms with Crippen LogP contribution in [0.4, 0.5) is 0 Å². The first kappa shape index (κ1) is 16.0. The van der Waals surface area contributed by atoms with E-state index in [1.165, 1.54) is 0 Å². The molecule has 2 atom stereocenters. The highest BCUT2D eigenvalue weighted by Gasteiger charge is 2.38. The van der Waals surface area contributed by atoms with Crippen LogP contribution in [-0.2, 0) is 9.59 Å². The van der Waals surface area contributed by atoms with Gasteiger partial charge in [0.05, 0.1) is 12.1 Å². The molecule has 1 rings (SSSR count). The molecule has 5 nitrogen and oxygen atoms in total. The van der Waals surface area contributed by atoms with Gasteiger partial charge in [0, 0.05) is 18.9 Å². The predicted molar refractivity (Wildman–Crippen MR) is 73.4 cm³/mol. The lowest BCUT2D eigenvalue weighted by molar-refractivity contribution is -0.124. The van der Waals surface area contributed by atoms with E-state index in [-0.39, 0.29) is 30.8 Å². The second-order valence-corrected chi connectivity index (χ2v) is 5.55. The Bertz CT molecular complexity index is 318. The Labute approximate surface area is 115 Å². The summed E-state index contributed by atoms with van der Waals surface area (Å²) in [5.74, 6) is 0.559. The quantitative estimate of drug-likeness (QED) is 0.611. The van der Waals surface area contributed by atoms with E-state index < -0.39 is 5.54 Å². The zero-order valence-corrected chi connectivity index (χ0v) is 12.2. The highest BCUT2D eigenvalue weighted by Crippen LogP contribution is 2.37. The Morgan fingerprint density at radius 2 is 1.89 bits per heavy atom. The maximum Gasteiger partial charge on any atom is 0.223 e. The van der Waals surface area contributed by atoms with Crippen molar-refractivity contribution in [1.82, 2.24) is 10.6 Å². The summed E-state index contributed by atoms with van der Waals surface area (Å²) < 4.78 is 0. The summed E-state index contributed by atoms with van der Waals surface area (Å²) >= 11 is 0. The van der Waals surface area contributed by atoms with Crippen LogP contribution in [0.5, 0.6) is 0 Å². The number of carbonyl (C=O) groups excluding carboxylic acids is 2. The highest BCUT2D eigenvalue weighted by atomic mass is 16.3. The minimum Gasteiger partial charge on any atom is -0.394 e. The highest BCUT2D eigenvalue weighted by molar-refractivity contribution is 5.82. The van der Waals surface area contributed by atoms with Gasteiger partial charge in [0.2, 0.25) is 11.8 Å². The molecule has 19 heavy (non-hydrogen) atoms. The SMILES string of the molecule is CCC(CC)(CO)NC(=O)CCNC(=O)C1CC1C. The molecule has 5 heteroatoms. The standard InChI is InChI=1S/C14H26N2O3/c1-4-14(5-2,9-17)16-12(18)6-7-15-13(19)11-8-10(11)3/h10-11,17H,4-9H2,1-3H3,(H,15,19)(H,16,18). The summed E-state index contributed by atoms with van der Waals surface area (Å²) in [7, 11) is 0.